The maximum Gasteiger partial charge on any atom is 0.401 e. The van der Waals surface area contributed by atoms with Crippen molar-refractivity contribution >= 4 is 5.91 Å². The van der Waals surface area contributed by atoms with Gasteiger partial charge in [0, 0.05) is 18.9 Å². The number of rotatable bonds is 5. The first-order valence-electron chi connectivity index (χ1n) is 8.41. The number of nitrogens with zero attached hydrogens (tertiary/aromatic N) is 3. The molecule has 0 spiro atoms. The van der Waals surface area contributed by atoms with Gasteiger partial charge in [-0.2, -0.15) is 18.3 Å². The minimum Gasteiger partial charge on any atom is -0.350 e. The zero-order chi connectivity index (χ0) is 17.3. The summed E-state index contributed by atoms with van der Waals surface area (Å²) < 4.78 is 38.9. The molecule has 2 fully saturated rings. The van der Waals surface area contributed by atoms with Gasteiger partial charge >= 0.3 is 6.18 Å². The summed E-state index contributed by atoms with van der Waals surface area (Å²) in [6.07, 6.45) is -0.867. The Hall–Kier alpha value is -1.57. The molecule has 0 unspecified atom stereocenters. The Morgan fingerprint density at radius 3 is 2.54 bits per heavy atom. The summed E-state index contributed by atoms with van der Waals surface area (Å²) in [6, 6.07) is 2.03. The summed E-state index contributed by atoms with van der Waals surface area (Å²) >= 11 is 0. The first-order valence-corrected chi connectivity index (χ1v) is 8.41. The number of amides is 1. The van der Waals surface area contributed by atoms with Gasteiger partial charge in [0.1, 0.15) is 0 Å². The number of alkyl halides is 3. The molecule has 3 rings (SSSR count). The summed E-state index contributed by atoms with van der Waals surface area (Å²) in [5.41, 5.74) is 2.04. The van der Waals surface area contributed by atoms with Crippen LogP contribution in [0.5, 0.6) is 0 Å². The molecule has 1 N–H and O–H groups in total. The van der Waals surface area contributed by atoms with Crippen molar-refractivity contribution in [3.8, 4) is 0 Å². The van der Waals surface area contributed by atoms with E-state index in [1.165, 1.54) is 17.7 Å². The molecule has 0 atom stereocenters. The molecule has 134 valence electrons. The Kier molecular flexibility index (Phi) is 4.85. The molecule has 1 amide bonds. The van der Waals surface area contributed by atoms with Crippen molar-refractivity contribution in [1.82, 2.24) is 20.0 Å². The van der Waals surface area contributed by atoms with E-state index in [0.717, 1.165) is 11.4 Å². The third-order valence-electron chi connectivity index (χ3n) is 4.80. The lowest BCUT2D eigenvalue weighted by molar-refractivity contribution is -0.149. The number of halogens is 3. The molecule has 0 radical (unpaired) electrons. The number of piperidine rings is 1. The predicted octanol–water partition coefficient (Wildman–Crippen LogP) is 2.19. The number of likely N-dealkylation sites (tertiary alicyclic amines) is 1. The summed E-state index contributed by atoms with van der Waals surface area (Å²) in [5, 5.41) is 7.36. The Balaban J connectivity index is 1.44. The quantitative estimate of drug-likeness (QED) is 0.891. The van der Waals surface area contributed by atoms with Gasteiger partial charge in [-0.15, -0.1) is 0 Å². The first-order chi connectivity index (χ1) is 11.3. The second-order valence-corrected chi connectivity index (χ2v) is 6.84. The average molecular weight is 344 g/mol. The zero-order valence-corrected chi connectivity index (χ0v) is 13.8. The molecule has 0 aromatic carbocycles. The molecule has 1 aromatic heterocycles. The minimum absolute atomic E-state index is 0.0733. The van der Waals surface area contributed by atoms with Crippen molar-refractivity contribution in [3.05, 3.63) is 17.5 Å². The standard InChI is InChI=1S/C16H23F3N4O/c1-22-13(8-14(21-22)11-2-3-11)9-20-15(24)12-4-6-23(7-5-12)10-16(17,18)19/h8,11-12H,2-7,9-10H2,1H3,(H,20,24). The van der Waals surface area contributed by atoms with E-state index in [9.17, 15) is 18.0 Å². The van der Waals surface area contributed by atoms with E-state index in [2.05, 4.69) is 10.4 Å². The topological polar surface area (TPSA) is 50.2 Å². The smallest absolute Gasteiger partial charge is 0.350 e. The largest absolute Gasteiger partial charge is 0.401 e. The van der Waals surface area contributed by atoms with Gasteiger partial charge in [-0.05, 0) is 44.8 Å². The molecule has 2 heterocycles. The van der Waals surface area contributed by atoms with Gasteiger partial charge in [-0.1, -0.05) is 0 Å². The van der Waals surface area contributed by atoms with Crippen LogP contribution >= 0.6 is 0 Å². The third kappa shape index (κ3) is 4.49. The molecule has 24 heavy (non-hydrogen) atoms. The lowest BCUT2D eigenvalue weighted by Crippen LogP contribution is -2.43. The number of hydrogen-bond acceptors (Lipinski definition) is 3. The fraction of sp³-hybridized carbons (Fsp3) is 0.750. The number of hydrogen-bond donors (Lipinski definition) is 1. The van der Waals surface area contributed by atoms with E-state index < -0.39 is 12.7 Å². The van der Waals surface area contributed by atoms with Gasteiger partial charge in [-0.25, -0.2) is 0 Å². The lowest BCUT2D eigenvalue weighted by Gasteiger charge is -2.31. The van der Waals surface area contributed by atoms with Crippen LogP contribution in [0.15, 0.2) is 6.07 Å². The lowest BCUT2D eigenvalue weighted by atomic mass is 9.96. The maximum absolute atomic E-state index is 12.4. The van der Waals surface area contributed by atoms with Crippen molar-refractivity contribution in [2.75, 3.05) is 19.6 Å². The van der Waals surface area contributed by atoms with Crippen LogP contribution in [0.4, 0.5) is 13.2 Å². The Labute approximate surface area is 139 Å². The molecule has 1 saturated heterocycles. The van der Waals surface area contributed by atoms with Crippen molar-refractivity contribution < 1.29 is 18.0 Å². The first kappa shape index (κ1) is 17.3. The third-order valence-corrected chi connectivity index (χ3v) is 4.80. The molecule has 1 aromatic rings. The van der Waals surface area contributed by atoms with Crippen molar-refractivity contribution in [3.63, 3.8) is 0 Å². The van der Waals surface area contributed by atoms with Gasteiger partial charge in [0.25, 0.3) is 0 Å². The van der Waals surface area contributed by atoms with Crippen LogP contribution in [-0.4, -0.2) is 46.4 Å². The molecular formula is C16H23F3N4O. The van der Waals surface area contributed by atoms with E-state index in [1.54, 1.807) is 4.68 Å². The van der Waals surface area contributed by atoms with Crippen LogP contribution in [-0.2, 0) is 18.4 Å². The van der Waals surface area contributed by atoms with Gasteiger partial charge in [0.15, 0.2) is 0 Å². The van der Waals surface area contributed by atoms with Crippen LogP contribution in [0.3, 0.4) is 0 Å². The monoisotopic (exact) mass is 344 g/mol. The minimum atomic E-state index is -4.17. The van der Waals surface area contributed by atoms with Crippen molar-refractivity contribution in [2.45, 2.75) is 44.3 Å². The number of aryl methyl sites for hydroxylation is 1. The normalized spacial score (nSPS) is 20.3. The van der Waals surface area contributed by atoms with Crippen molar-refractivity contribution in [2.24, 2.45) is 13.0 Å². The summed E-state index contributed by atoms with van der Waals surface area (Å²) in [4.78, 5) is 13.6. The Bertz CT molecular complexity index is 587. The van der Waals surface area contributed by atoms with Crippen LogP contribution < -0.4 is 5.32 Å². The molecule has 8 heteroatoms. The number of aromatic nitrogens is 2. The van der Waals surface area contributed by atoms with E-state index in [1.807, 2.05) is 13.1 Å². The highest BCUT2D eigenvalue weighted by molar-refractivity contribution is 5.78. The second-order valence-electron chi connectivity index (χ2n) is 6.84. The van der Waals surface area contributed by atoms with Crippen LogP contribution in [0.1, 0.15) is 43.0 Å². The van der Waals surface area contributed by atoms with E-state index >= 15 is 0 Å². The van der Waals surface area contributed by atoms with Crippen LogP contribution in [0.25, 0.3) is 0 Å². The summed E-state index contributed by atoms with van der Waals surface area (Å²) in [7, 11) is 1.86. The van der Waals surface area contributed by atoms with Gasteiger partial charge in [-0.3, -0.25) is 14.4 Å². The van der Waals surface area contributed by atoms with Gasteiger partial charge < -0.3 is 5.32 Å². The molecular weight excluding hydrogens is 321 g/mol. The molecule has 5 nitrogen and oxygen atoms in total. The molecule has 0 bridgehead atoms. The molecule has 1 aliphatic carbocycles. The SMILES string of the molecule is Cn1nc(C2CC2)cc1CNC(=O)C1CCN(CC(F)(F)F)CC1. The van der Waals surface area contributed by atoms with Gasteiger partial charge in [0.2, 0.25) is 5.91 Å². The summed E-state index contributed by atoms with van der Waals surface area (Å²) in [6.45, 7) is 0.155. The predicted molar refractivity (Wildman–Crippen MR) is 82.2 cm³/mol. The number of carbonyl (C=O) groups is 1. The van der Waals surface area contributed by atoms with Crippen LogP contribution in [0.2, 0.25) is 0 Å². The average Bonchev–Trinajstić information content (AvgIpc) is 3.28. The molecule has 2 aliphatic rings. The highest BCUT2D eigenvalue weighted by atomic mass is 19.4. The van der Waals surface area contributed by atoms with Crippen molar-refractivity contribution in [1.29, 1.82) is 0 Å². The Morgan fingerprint density at radius 2 is 1.96 bits per heavy atom. The fourth-order valence-corrected chi connectivity index (χ4v) is 3.20. The second kappa shape index (κ2) is 6.74. The molecule has 1 saturated carbocycles. The Morgan fingerprint density at radius 1 is 1.29 bits per heavy atom. The maximum atomic E-state index is 12.4. The summed E-state index contributed by atoms with van der Waals surface area (Å²) in [5.74, 6) is 0.292. The highest BCUT2D eigenvalue weighted by Crippen LogP contribution is 2.39. The van der Waals surface area contributed by atoms with Gasteiger partial charge in [0.05, 0.1) is 24.5 Å². The zero-order valence-electron chi connectivity index (χ0n) is 13.8. The van der Waals surface area contributed by atoms with E-state index in [4.69, 9.17) is 0 Å². The van der Waals surface area contributed by atoms with E-state index in [-0.39, 0.29) is 11.8 Å². The highest BCUT2D eigenvalue weighted by Gasteiger charge is 2.34. The fourth-order valence-electron chi connectivity index (χ4n) is 3.20. The number of carbonyl (C=O) groups excluding carboxylic acids is 1. The van der Waals surface area contributed by atoms with Crippen LogP contribution in [0, 0.1) is 5.92 Å². The van der Waals surface area contributed by atoms with E-state index in [0.29, 0.717) is 38.4 Å². The number of nitrogens with one attached hydrogen (secondary N) is 1. The molecule has 1 aliphatic heterocycles.